The second-order valence-electron chi connectivity index (χ2n) is 6.31. The van der Waals surface area contributed by atoms with Crippen molar-refractivity contribution in [1.29, 1.82) is 0 Å². The third kappa shape index (κ3) is 6.03. The van der Waals surface area contributed by atoms with Crippen LogP contribution < -0.4 is 0 Å². The molecule has 2 aromatic rings. The number of benzene rings is 2. The van der Waals surface area contributed by atoms with Gasteiger partial charge in [0.25, 0.3) is 0 Å². The lowest BCUT2D eigenvalue weighted by Gasteiger charge is -2.19. The second-order valence-corrected chi connectivity index (χ2v) is 6.31. The van der Waals surface area contributed by atoms with Crippen LogP contribution in [0.3, 0.4) is 0 Å². The minimum Gasteiger partial charge on any atom is -0.504 e. The zero-order valence-electron chi connectivity index (χ0n) is 16.1. The van der Waals surface area contributed by atoms with Crippen molar-refractivity contribution < 1.29 is 59.6 Å². The van der Waals surface area contributed by atoms with E-state index in [1.54, 1.807) is 0 Å². The predicted molar refractivity (Wildman–Crippen MR) is 104 cm³/mol. The SMILES string of the molecule is O=C(/C=C/c1ccc(O)c(O)c1)OC[C@H](O)[C@@H](OC(=O)c1cc(O)c(O)c(O)c1)C(=O)O. The molecule has 0 saturated carbocycles. The number of aliphatic carboxylic acids is 1. The third-order valence-corrected chi connectivity index (χ3v) is 3.94. The molecule has 12 heteroatoms. The van der Waals surface area contributed by atoms with Gasteiger partial charge >= 0.3 is 17.9 Å². The van der Waals surface area contributed by atoms with Crippen LogP contribution in [-0.2, 0) is 19.1 Å². The Hall–Kier alpha value is -4.45. The molecule has 2 aromatic carbocycles. The van der Waals surface area contributed by atoms with Crippen LogP contribution in [0.1, 0.15) is 15.9 Å². The molecular weight excluding hydrogens is 432 g/mol. The van der Waals surface area contributed by atoms with Gasteiger partial charge in [-0.25, -0.2) is 14.4 Å². The van der Waals surface area contributed by atoms with Crippen LogP contribution in [0.4, 0.5) is 0 Å². The quantitative estimate of drug-likeness (QED) is 0.166. The number of aliphatic hydroxyl groups excluding tert-OH is 1. The van der Waals surface area contributed by atoms with Crippen molar-refractivity contribution >= 4 is 24.0 Å². The van der Waals surface area contributed by atoms with Gasteiger partial charge in [0.2, 0.25) is 6.10 Å². The maximum Gasteiger partial charge on any atom is 0.347 e. The molecule has 12 nitrogen and oxygen atoms in total. The summed E-state index contributed by atoms with van der Waals surface area (Å²) in [7, 11) is 0. The predicted octanol–water partition coefficient (Wildman–Crippen LogP) is 0.442. The highest BCUT2D eigenvalue weighted by atomic mass is 16.6. The second kappa shape index (κ2) is 10.0. The first-order chi connectivity index (χ1) is 15.0. The summed E-state index contributed by atoms with van der Waals surface area (Å²) >= 11 is 0. The first kappa shape index (κ1) is 23.8. The van der Waals surface area contributed by atoms with E-state index in [-0.39, 0.29) is 5.75 Å². The third-order valence-electron chi connectivity index (χ3n) is 3.94. The number of carboxylic acid groups (broad SMARTS) is 1. The maximum atomic E-state index is 12.1. The molecule has 0 aliphatic carbocycles. The van der Waals surface area contributed by atoms with E-state index in [0.717, 1.165) is 12.1 Å². The Kier molecular flexibility index (Phi) is 7.47. The minimum absolute atomic E-state index is 0.329. The fourth-order valence-electron chi connectivity index (χ4n) is 2.31. The molecule has 170 valence electrons. The first-order valence-electron chi connectivity index (χ1n) is 8.73. The number of aliphatic hydroxyl groups is 1. The van der Waals surface area contributed by atoms with Crippen LogP contribution >= 0.6 is 0 Å². The van der Waals surface area contributed by atoms with E-state index in [0.29, 0.717) is 17.7 Å². The molecule has 0 amide bonds. The number of phenols is 5. The molecule has 0 aliphatic rings. The lowest BCUT2D eigenvalue weighted by Crippen LogP contribution is -2.41. The molecule has 7 N–H and O–H groups in total. The van der Waals surface area contributed by atoms with Gasteiger partial charge in [0.15, 0.2) is 28.7 Å². The number of rotatable bonds is 8. The van der Waals surface area contributed by atoms with Crippen molar-refractivity contribution in [2.24, 2.45) is 0 Å². The Morgan fingerprint density at radius 3 is 2.09 bits per heavy atom. The van der Waals surface area contributed by atoms with Gasteiger partial charge in [-0.2, -0.15) is 0 Å². The lowest BCUT2D eigenvalue weighted by molar-refractivity contribution is -0.159. The molecule has 2 atom stereocenters. The normalized spacial score (nSPS) is 12.8. The van der Waals surface area contributed by atoms with Gasteiger partial charge in [-0.05, 0) is 35.9 Å². The molecule has 32 heavy (non-hydrogen) atoms. The van der Waals surface area contributed by atoms with Crippen molar-refractivity contribution in [3.05, 3.63) is 47.5 Å². The summed E-state index contributed by atoms with van der Waals surface area (Å²) in [4.78, 5) is 35.2. The highest BCUT2D eigenvalue weighted by Gasteiger charge is 2.32. The van der Waals surface area contributed by atoms with E-state index >= 15 is 0 Å². The molecule has 0 saturated heterocycles. The van der Waals surface area contributed by atoms with E-state index < -0.39 is 65.3 Å². The molecule has 0 aliphatic heterocycles. The Balaban J connectivity index is 1.99. The van der Waals surface area contributed by atoms with E-state index in [1.165, 1.54) is 18.2 Å². The van der Waals surface area contributed by atoms with E-state index in [4.69, 9.17) is 4.74 Å². The van der Waals surface area contributed by atoms with E-state index in [1.807, 2.05) is 0 Å². The topological polar surface area (TPSA) is 211 Å². The largest absolute Gasteiger partial charge is 0.504 e. The minimum atomic E-state index is -2.17. The fraction of sp³-hybridized carbons (Fsp3) is 0.150. The molecule has 0 unspecified atom stereocenters. The highest BCUT2D eigenvalue weighted by molar-refractivity contribution is 5.93. The molecule has 0 radical (unpaired) electrons. The van der Waals surface area contributed by atoms with E-state index in [9.17, 15) is 50.1 Å². The van der Waals surface area contributed by atoms with Crippen LogP contribution in [-0.4, -0.2) is 72.5 Å². The Morgan fingerprint density at radius 2 is 1.53 bits per heavy atom. The van der Waals surface area contributed by atoms with Crippen LogP contribution in [0.15, 0.2) is 36.4 Å². The fourth-order valence-corrected chi connectivity index (χ4v) is 2.31. The Morgan fingerprint density at radius 1 is 0.906 bits per heavy atom. The van der Waals surface area contributed by atoms with Gasteiger partial charge in [0.05, 0.1) is 5.56 Å². The van der Waals surface area contributed by atoms with Crippen LogP contribution in [0.5, 0.6) is 28.7 Å². The molecule has 0 fully saturated rings. The molecule has 0 bridgehead atoms. The first-order valence-corrected chi connectivity index (χ1v) is 8.73. The van der Waals surface area contributed by atoms with Crippen molar-refractivity contribution in [1.82, 2.24) is 0 Å². The smallest absolute Gasteiger partial charge is 0.347 e. The number of hydrogen-bond donors (Lipinski definition) is 7. The molecule has 2 rings (SSSR count). The summed E-state index contributed by atoms with van der Waals surface area (Å²) in [6.07, 6.45) is -2.04. The zero-order chi connectivity index (χ0) is 24.0. The summed E-state index contributed by atoms with van der Waals surface area (Å²) in [6, 6.07) is 5.13. The maximum absolute atomic E-state index is 12.1. The number of carboxylic acids is 1. The standard InChI is InChI=1S/C20H18O12/c21-11-3-1-9(5-12(11)22)2-4-16(26)31-8-15(25)18(19(28)29)32-20(30)10-6-13(23)17(27)14(24)7-10/h1-7,15,18,21-25,27H,8H2,(H,28,29)/b4-2+/t15-,18+/m0/s1. The number of phenolic OH excluding ortho intramolecular Hbond substituents is 5. The van der Waals surface area contributed by atoms with Gasteiger partial charge in [-0.3, -0.25) is 0 Å². The average Bonchev–Trinajstić information content (AvgIpc) is 2.74. The number of carbonyl (C=O) groups excluding carboxylic acids is 2. The van der Waals surface area contributed by atoms with Crippen LogP contribution in [0.25, 0.3) is 6.08 Å². The van der Waals surface area contributed by atoms with Crippen LogP contribution in [0.2, 0.25) is 0 Å². The molecule has 0 spiro atoms. The summed E-state index contributed by atoms with van der Waals surface area (Å²) < 4.78 is 9.34. The van der Waals surface area contributed by atoms with E-state index in [2.05, 4.69) is 4.74 Å². The summed E-state index contributed by atoms with van der Waals surface area (Å²) in [6.45, 7) is -0.875. The molecule has 0 heterocycles. The summed E-state index contributed by atoms with van der Waals surface area (Å²) in [5.74, 6) is -7.56. The van der Waals surface area contributed by atoms with Gasteiger partial charge in [-0.1, -0.05) is 6.07 Å². The van der Waals surface area contributed by atoms with Gasteiger partial charge in [0.1, 0.15) is 12.7 Å². The Labute approximate surface area is 179 Å². The average molecular weight is 450 g/mol. The van der Waals surface area contributed by atoms with Gasteiger partial charge < -0.3 is 45.2 Å². The number of esters is 2. The van der Waals surface area contributed by atoms with Crippen molar-refractivity contribution in [2.75, 3.05) is 6.61 Å². The number of hydrogen-bond acceptors (Lipinski definition) is 11. The Bertz CT molecular complexity index is 1040. The lowest BCUT2D eigenvalue weighted by atomic mass is 10.1. The van der Waals surface area contributed by atoms with Crippen molar-refractivity contribution in [2.45, 2.75) is 12.2 Å². The van der Waals surface area contributed by atoms with Gasteiger partial charge in [-0.15, -0.1) is 0 Å². The molecular formula is C20H18O12. The number of aromatic hydroxyl groups is 5. The number of carbonyl (C=O) groups is 3. The van der Waals surface area contributed by atoms with Crippen molar-refractivity contribution in [3.63, 3.8) is 0 Å². The van der Waals surface area contributed by atoms with Gasteiger partial charge in [0, 0.05) is 6.08 Å². The van der Waals surface area contributed by atoms with Crippen molar-refractivity contribution in [3.8, 4) is 28.7 Å². The molecule has 0 aromatic heterocycles. The highest BCUT2D eigenvalue weighted by Crippen LogP contribution is 2.35. The number of ether oxygens (including phenoxy) is 2. The zero-order valence-corrected chi connectivity index (χ0v) is 16.1. The monoisotopic (exact) mass is 450 g/mol. The summed E-state index contributed by atoms with van der Waals surface area (Å²) in [5.41, 5.74) is -0.191. The van der Waals surface area contributed by atoms with Crippen LogP contribution in [0, 0.1) is 0 Å². The summed E-state index contributed by atoms with van der Waals surface area (Å²) in [5, 5.41) is 65.9.